The Morgan fingerprint density at radius 1 is 1.36 bits per heavy atom. The van der Waals surface area contributed by atoms with E-state index in [-0.39, 0.29) is 30.0 Å². The fraction of sp³-hybridized carbons (Fsp3) is 0.625. The molecule has 0 spiro atoms. The number of methoxy groups -OCH3 is 1. The molecule has 1 aromatic rings. The van der Waals surface area contributed by atoms with Crippen molar-refractivity contribution in [2.45, 2.75) is 44.0 Å². The first-order valence-corrected chi connectivity index (χ1v) is 9.82. The van der Waals surface area contributed by atoms with Gasteiger partial charge in [0.25, 0.3) is 0 Å². The molecule has 140 valence electrons. The molecular weight excluding hydrogens is 364 g/mol. The zero-order chi connectivity index (χ0) is 18.8. The number of thiazole rings is 1. The van der Waals surface area contributed by atoms with Gasteiger partial charge >= 0.3 is 11.9 Å². The van der Waals surface area contributed by atoms with Gasteiger partial charge < -0.3 is 14.8 Å². The Morgan fingerprint density at radius 3 is 2.68 bits per heavy atom. The van der Waals surface area contributed by atoms with Gasteiger partial charge in [-0.25, -0.2) is 9.78 Å². The summed E-state index contributed by atoms with van der Waals surface area (Å²) in [6.45, 7) is 6.02. The molecule has 25 heavy (non-hydrogen) atoms. The Hall–Kier alpha value is -1.61. The summed E-state index contributed by atoms with van der Waals surface area (Å²) in [4.78, 5) is 39.5. The molecule has 0 aliphatic carbocycles. The maximum absolute atomic E-state index is 12.1. The van der Waals surface area contributed by atoms with Gasteiger partial charge in [0.2, 0.25) is 5.91 Å². The average Bonchev–Trinajstić information content (AvgIpc) is 2.98. The van der Waals surface area contributed by atoms with Crippen molar-refractivity contribution in [2.75, 3.05) is 19.5 Å². The number of rotatable bonds is 10. The Labute approximate surface area is 155 Å². The Bertz CT molecular complexity index is 589. The first-order chi connectivity index (χ1) is 11.8. The van der Waals surface area contributed by atoms with Crippen LogP contribution in [0.3, 0.4) is 0 Å². The third kappa shape index (κ3) is 8.35. The average molecular weight is 389 g/mol. The normalized spacial score (nSPS) is 11.9. The van der Waals surface area contributed by atoms with Gasteiger partial charge in [-0.2, -0.15) is 0 Å². The van der Waals surface area contributed by atoms with Crippen LogP contribution in [0.15, 0.2) is 9.72 Å². The van der Waals surface area contributed by atoms with Crippen molar-refractivity contribution in [3.63, 3.8) is 0 Å². The van der Waals surface area contributed by atoms with Crippen molar-refractivity contribution in [3.05, 3.63) is 11.1 Å². The molecule has 0 unspecified atom stereocenters. The molecule has 1 amide bonds. The van der Waals surface area contributed by atoms with Crippen molar-refractivity contribution in [2.24, 2.45) is 5.92 Å². The Kier molecular flexibility index (Phi) is 9.51. The van der Waals surface area contributed by atoms with Gasteiger partial charge in [0.1, 0.15) is 6.04 Å². The molecule has 1 rings (SSSR count). The van der Waals surface area contributed by atoms with E-state index in [9.17, 15) is 14.4 Å². The largest absolute Gasteiger partial charge is 0.467 e. The lowest BCUT2D eigenvalue weighted by molar-refractivity contribution is -0.145. The van der Waals surface area contributed by atoms with Crippen molar-refractivity contribution < 1.29 is 23.9 Å². The van der Waals surface area contributed by atoms with Crippen LogP contribution in [0, 0.1) is 5.92 Å². The van der Waals surface area contributed by atoms with Gasteiger partial charge in [0, 0.05) is 5.38 Å². The minimum Gasteiger partial charge on any atom is -0.467 e. The summed E-state index contributed by atoms with van der Waals surface area (Å²) in [6.07, 6.45) is 0.639. The maximum Gasteiger partial charge on any atom is 0.328 e. The molecule has 0 aliphatic heterocycles. The summed E-state index contributed by atoms with van der Waals surface area (Å²) in [6, 6.07) is -0.645. The fourth-order valence-corrected chi connectivity index (χ4v) is 3.64. The monoisotopic (exact) mass is 388 g/mol. The molecule has 0 saturated heterocycles. The zero-order valence-corrected chi connectivity index (χ0v) is 16.5. The van der Waals surface area contributed by atoms with Crippen LogP contribution in [0.5, 0.6) is 0 Å². The standard InChI is InChI=1S/C16H24N2O5S2/c1-5-23-14(20)7-11-8-24-16(17-11)25-9-13(19)18-12(6-10(2)3)15(21)22-4/h8,10,12H,5-7,9H2,1-4H3,(H,18,19)/t12-/m0/s1. The molecule has 1 heterocycles. The summed E-state index contributed by atoms with van der Waals surface area (Å²) < 4.78 is 10.3. The van der Waals surface area contributed by atoms with E-state index in [1.54, 1.807) is 12.3 Å². The summed E-state index contributed by atoms with van der Waals surface area (Å²) in [5.41, 5.74) is 0.624. The van der Waals surface area contributed by atoms with E-state index < -0.39 is 12.0 Å². The van der Waals surface area contributed by atoms with Crippen LogP contribution >= 0.6 is 23.1 Å². The van der Waals surface area contributed by atoms with E-state index in [2.05, 4.69) is 10.3 Å². The molecule has 1 aromatic heterocycles. The number of nitrogens with one attached hydrogen (secondary N) is 1. The minimum atomic E-state index is -0.645. The molecule has 0 saturated carbocycles. The van der Waals surface area contributed by atoms with E-state index in [4.69, 9.17) is 9.47 Å². The predicted molar refractivity (Wildman–Crippen MR) is 96.6 cm³/mol. The number of hydrogen-bond acceptors (Lipinski definition) is 8. The van der Waals surface area contributed by atoms with Gasteiger partial charge in [0.05, 0.1) is 31.6 Å². The van der Waals surface area contributed by atoms with E-state index in [0.717, 1.165) is 0 Å². The molecule has 0 fully saturated rings. The second-order valence-corrected chi connectivity index (χ2v) is 7.73. The molecule has 0 aliphatic rings. The number of hydrogen-bond donors (Lipinski definition) is 1. The van der Waals surface area contributed by atoms with Crippen LogP contribution in [-0.2, 0) is 30.3 Å². The Morgan fingerprint density at radius 2 is 2.08 bits per heavy atom. The number of thioether (sulfide) groups is 1. The van der Waals surface area contributed by atoms with Gasteiger partial charge in [-0.3, -0.25) is 9.59 Å². The first kappa shape index (κ1) is 21.4. The van der Waals surface area contributed by atoms with E-state index in [0.29, 0.717) is 23.1 Å². The maximum atomic E-state index is 12.1. The van der Waals surface area contributed by atoms with E-state index >= 15 is 0 Å². The SMILES string of the molecule is CCOC(=O)Cc1csc(SCC(=O)N[C@@H](CC(C)C)C(=O)OC)n1. The van der Waals surface area contributed by atoms with Crippen molar-refractivity contribution in [1.82, 2.24) is 10.3 Å². The van der Waals surface area contributed by atoms with Gasteiger partial charge in [-0.05, 0) is 19.3 Å². The molecule has 7 nitrogen and oxygen atoms in total. The molecule has 9 heteroatoms. The highest BCUT2D eigenvalue weighted by Crippen LogP contribution is 2.23. The summed E-state index contributed by atoms with van der Waals surface area (Å²) in [5.74, 6) is -0.642. The molecule has 0 radical (unpaired) electrons. The molecule has 0 bridgehead atoms. The van der Waals surface area contributed by atoms with Gasteiger partial charge in [-0.1, -0.05) is 25.6 Å². The highest BCUT2D eigenvalue weighted by atomic mass is 32.2. The number of aromatic nitrogens is 1. The van der Waals surface area contributed by atoms with Crippen LogP contribution in [0.4, 0.5) is 0 Å². The van der Waals surface area contributed by atoms with Crippen LogP contribution in [-0.4, -0.2) is 48.3 Å². The first-order valence-electron chi connectivity index (χ1n) is 7.95. The van der Waals surface area contributed by atoms with Crippen molar-refractivity contribution >= 4 is 40.9 Å². The van der Waals surface area contributed by atoms with Gasteiger partial charge in [-0.15, -0.1) is 11.3 Å². The summed E-state index contributed by atoms with van der Waals surface area (Å²) in [5, 5.41) is 4.46. The summed E-state index contributed by atoms with van der Waals surface area (Å²) >= 11 is 2.63. The Balaban J connectivity index is 2.48. The third-order valence-corrected chi connectivity index (χ3v) is 5.09. The summed E-state index contributed by atoms with van der Waals surface area (Å²) in [7, 11) is 1.30. The number of amides is 1. The van der Waals surface area contributed by atoms with E-state index in [1.165, 1.54) is 30.2 Å². The minimum absolute atomic E-state index is 0.121. The number of esters is 2. The highest BCUT2D eigenvalue weighted by Gasteiger charge is 2.22. The van der Waals surface area contributed by atoms with Gasteiger partial charge in [0.15, 0.2) is 4.34 Å². The van der Waals surface area contributed by atoms with Crippen molar-refractivity contribution in [3.8, 4) is 0 Å². The number of carbonyl (C=O) groups is 3. The smallest absolute Gasteiger partial charge is 0.328 e. The lowest BCUT2D eigenvalue weighted by atomic mass is 10.0. The molecule has 1 atom stereocenters. The van der Waals surface area contributed by atoms with Crippen LogP contribution in [0.2, 0.25) is 0 Å². The number of carbonyl (C=O) groups excluding carboxylic acids is 3. The van der Waals surface area contributed by atoms with E-state index in [1.807, 2.05) is 13.8 Å². The third-order valence-electron chi connectivity index (χ3n) is 3.02. The van der Waals surface area contributed by atoms with Crippen LogP contribution < -0.4 is 5.32 Å². The second kappa shape index (κ2) is 11.1. The van der Waals surface area contributed by atoms with Crippen molar-refractivity contribution in [1.29, 1.82) is 0 Å². The number of ether oxygens (including phenoxy) is 2. The molecular formula is C16H24N2O5S2. The molecule has 0 aromatic carbocycles. The topological polar surface area (TPSA) is 94.6 Å². The highest BCUT2D eigenvalue weighted by molar-refractivity contribution is 8.01. The lowest BCUT2D eigenvalue weighted by Gasteiger charge is -2.18. The predicted octanol–water partition coefficient (Wildman–Crippen LogP) is 2.04. The zero-order valence-electron chi connectivity index (χ0n) is 14.9. The quantitative estimate of drug-likeness (QED) is 0.484. The molecule has 1 N–H and O–H groups in total. The number of nitrogens with zero attached hydrogens (tertiary/aromatic N) is 1. The fourth-order valence-electron chi connectivity index (χ4n) is 1.99. The lowest BCUT2D eigenvalue weighted by Crippen LogP contribution is -2.43. The van der Waals surface area contributed by atoms with Crippen LogP contribution in [0.1, 0.15) is 32.9 Å². The van der Waals surface area contributed by atoms with Crippen LogP contribution in [0.25, 0.3) is 0 Å². The second-order valence-electron chi connectivity index (χ2n) is 5.65.